The molecule has 0 aliphatic heterocycles. The Morgan fingerprint density at radius 1 is 1.18 bits per heavy atom. The van der Waals surface area contributed by atoms with E-state index in [9.17, 15) is 0 Å². The fourth-order valence-electron chi connectivity index (χ4n) is 2.82. The van der Waals surface area contributed by atoms with Crippen LogP contribution in [0.4, 0.5) is 0 Å². The van der Waals surface area contributed by atoms with Gasteiger partial charge in [0.2, 0.25) is 0 Å². The molecular formula is C16H25N. The van der Waals surface area contributed by atoms with Crippen LogP contribution in [0.15, 0.2) is 24.3 Å². The van der Waals surface area contributed by atoms with Crippen LogP contribution in [-0.2, 0) is 6.54 Å². The molecule has 1 aliphatic rings. The van der Waals surface area contributed by atoms with Gasteiger partial charge in [-0.25, -0.2) is 0 Å². The van der Waals surface area contributed by atoms with E-state index in [0.717, 1.165) is 6.54 Å². The Kier molecular flexibility index (Phi) is 3.88. The molecule has 1 nitrogen and oxygen atoms in total. The third-order valence-corrected chi connectivity index (χ3v) is 4.18. The molecule has 0 heterocycles. The van der Waals surface area contributed by atoms with E-state index in [1.165, 1.54) is 36.8 Å². The van der Waals surface area contributed by atoms with Gasteiger partial charge >= 0.3 is 0 Å². The van der Waals surface area contributed by atoms with E-state index in [0.29, 0.717) is 11.5 Å². The van der Waals surface area contributed by atoms with Crippen molar-refractivity contribution in [2.24, 2.45) is 5.41 Å². The topological polar surface area (TPSA) is 12.0 Å². The molecular weight excluding hydrogens is 206 g/mol. The molecule has 0 amide bonds. The van der Waals surface area contributed by atoms with Crippen molar-refractivity contribution < 1.29 is 0 Å². The minimum Gasteiger partial charge on any atom is -0.309 e. The van der Waals surface area contributed by atoms with Crippen LogP contribution in [0, 0.1) is 12.3 Å². The maximum absolute atomic E-state index is 3.75. The van der Waals surface area contributed by atoms with E-state index in [1.54, 1.807) is 0 Å². The maximum Gasteiger partial charge on any atom is 0.0208 e. The summed E-state index contributed by atoms with van der Waals surface area (Å²) in [6.07, 6.45) is 5.47. The number of hydrogen-bond donors (Lipinski definition) is 1. The van der Waals surface area contributed by atoms with E-state index in [-0.39, 0.29) is 0 Å². The van der Waals surface area contributed by atoms with Gasteiger partial charge in [0.1, 0.15) is 0 Å². The summed E-state index contributed by atoms with van der Waals surface area (Å²) in [5, 5.41) is 3.75. The number of hydrogen-bond acceptors (Lipinski definition) is 1. The molecule has 0 saturated heterocycles. The average molecular weight is 231 g/mol. The molecule has 0 spiro atoms. The second-order valence-corrected chi connectivity index (χ2v) is 6.15. The zero-order valence-electron chi connectivity index (χ0n) is 11.4. The second-order valence-electron chi connectivity index (χ2n) is 6.15. The molecule has 1 heteroatoms. The first-order valence-corrected chi connectivity index (χ1v) is 6.87. The lowest BCUT2D eigenvalue weighted by atomic mass is 9.73. The molecule has 2 rings (SSSR count). The van der Waals surface area contributed by atoms with Gasteiger partial charge in [0.25, 0.3) is 0 Å². The highest BCUT2D eigenvalue weighted by Crippen LogP contribution is 2.35. The van der Waals surface area contributed by atoms with Gasteiger partial charge in [-0.15, -0.1) is 0 Å². The lowest BCUT2D eigenvalue weighted by Gasteiger charge is -2.39. The molecule has 1 aromatic carbocycles. The first-order valence-electron chi connectivity index (χ1n) is 6.87. The van der Waals surface area contributed by atoms with Crippen LogP contribution in [0.5, 0.6) is 0 Å². The molecule has 1 N–H and O–H groups in total. The normalized spacial score (nSPS) is 23.6. The van der Waals surface area contributed by atoms with Crippen molar-refractivity contribution in [3.63, 3.8) is 0 Å². The molecule has 1 unspecified atom stereocenters. The fourth-order valence-corrected chi connectivity index (χ4v) is 2.82. The zero-order chi connectivity index (χ0) is 12.3. The molecule has 1 aromatic rings. The standard InChI is InChI=1S/C16H25N/c1-13-7-9-14(10-8-13)12-17-15-6-4-5-11-16(15,2)3/h7-10,15,17H,4-6,11-12H2,1-3H3. The van der Waals surface area contributed by atoms with Crippen LogP contribution in [0.25, 0.3) is 0 Å². The van der Waals surface area contributed by atoms with E-state index in [4.69, 9.17) is 0 Å². The number of nitrogens with one attached hydrogen (secondary N) is 1. The van der Waals surface area contributed by atoms with Gasteiger partial charge in [0.15, 0.2) is 0 Å². The summed E-state index contributed by atoms with van der Waals surface area (Å²) in [6, 6.07) is 9.54. The largest absolute Gasteiger partial charge is 0.309 e. The van der Waals surface area contributed by atoms with Crippen LogP contribution < -0.4 is 5.32 Å². The van der Waals surface area contributed by atoms with Crippen molar-refractivity contribution in [2.45, 2.75) is 59.0 Å². The van der Waals surface area contributed by atoms with E-state index in [1.807, 2.05) is 0 Å². The molecule has 1 saturated carbocycles. The molecule has 0 aromatic heterocycles. The Hall–Kier alpha value is -0.820. The van der Waals surface area contributed by atoms with E-state index >= 15 is 0 Å². The predicted molar refractivity (Wildman–Crippen MR) is 74.1 cm³/mol. The zero-order valence-corrected chi connectivity index (χ0v) is 11.4. The number of aryl methyl sites for hydroxylation is 1. The average Bonchev–Trinajstić information content (AvgIpc) is 2.29. The van der Waals surface area contributed by atoms with Gasteiger partial charge in [0.05, 0.1) is 0 Å². The summed E-state index contributed by atoms with van der Waals surface area (Å²) in [4.78, 5) is 0. The molecule has 1 aliphatic carbocycles. The Balaban J connectivity index is 1.91. The van der Waals surface area contributed by atoms with Crippen molar-refractivity contribution in [1.29, 1.82) is 0 Å². The SMILES string of the molecule is Cc1ccc(CNC2CCCCC2(C)C)cc1. The second kappa shape index (κ2) is 5.22. The highest BCUT2D eigenvalue weighted by Gasteiger charge is 2.31. The summed E-state index contributed by atoms with van der Waals surface area (Å²) >= 11 is 0. The summed E-state index contributed by atoms with van der Waals surface area (Å²) in [5.41, 5.74) is 3.20. The minimum absolute atomic E-state index is 0.461. The molecule has 1 fully saturated rings. The van der Waals surface area contributed by atoms with Crippen molar-refractivity contribution in [1.82, 2.24) is 5.32 Å². The van der Waals surface area contributed by atoms with E-state index in [2.05, 4.69) is 50.4 Å². The first kappa shape index (κ1) is 12.6. The molecule has 0 radical (unpaired) electrons. The van der Waals surface area contributed by atoms with Crippen LogP contribution >= 0.6 is 0 Å². The summed E-state index contributed by atoms with van der Waals surface area (Å²) in [6.45, 7) is 7.95. The quantitative estimate of drug-likeness (QED) is 0.827. The lowest BCUT2D eigenvalue weighted by Crippen LogP contribution is -2.43. The third-order valence-electron chi connectivity index (χ3n) is 4.18. The van der Waals surface area contributed by atoms with Crippen molar-refractivity contribution in [2.75, 3.05) is 0 Å². The van der Waals surface area contributed by atoms with Gasteiger partial charge in [-0.2, -0.15) is 0 Å². The monoisotopic (exact) mass is 231 g/mol. The smallest absolute Gasteiger partial charge is 0.0208 e. The van der Waals surface area contributed by atoms with Crippen LogP contribution in [0.3, 0.4) is 0 Å². The van der Waals surface area contributed by atoms with Crippen molar-refractivity contribution in [3.8, 4) is 0 Å². The highest BCUT2D eigenvalue weighted by atomic mass is 14.9. The Morgan fingerprint density at radius 3 is 2.53 bits per heavy atom. The van der Waals surface area contributed by atoms with Gasteiger partial charge in [-0.05, 0) is 30.7 Å². The maximum atomic E-state index is 3.75. The number of rotatable bonds is 3. The summed E-state index contributed by atoms with van der Waals surface area (Å²) in [5.74, 6) is 0. The number of benzene rings is 1. The Morgan fingerprint density at radius 2 is 1.88 bits per heavy atom. The van der Waals surface area contributed by atoms with Gasteiger partial charge < -0.3 is 5.32 Å². The molecule has 1 atom stereocenters. The highest BCUT2D eigenvalue weighted by molar-refractivity contribution is 5.21. The summed E-state index contributed by atoms with van der Waals surface area (Å²) < 4.78 is 0. The van der Waals surface area contributed by atoms with Crippen molar-refractivity contribution in [3.05, 3.63) is 35.4 Å². The predicted octanol–water partition coefficient (Wildman–Crippen LogP) is 4.05. The Bertz CT molecular complexity index is 350. The van der Waals surface area contributed by atoms with Crippen LogP contribution in [0.1, 0.15) is 50.7 Å². The first-order chi connectivity index (χ1) is 8.08. The van der Waals surface area contributed by atoms with E-state index < -0.39 is 0 Å². The van der Waals surface area contributed by atoms with Crippen LogP contribution in [-0.4, -0.2) is 6.04 Å². The van der Waals surface area contributed by atoms with Gasteiger partial charge in [-0.1, -0.05) is 56.5 Å². The summed E-state index contributed by atoms with van der Waals surface area (Å²) in [7, 11) is 0. The van der Waals surface area contributed by atoms with Crippen molar-refractivity contribution >= 4 is 0 Å². The van der Waals surface area contributed by atoms with Gasteiger partial charge in [-0.3, -0.25) is 0 Å². The molecule has 94 valence electrons. The molecule has 0 bridgehead atoms. The molecule has 17 heavy (non-hydrogen) atoms. The van der Waals surface area contributed by atoms with Gasteiger partial charge in [0, 0.05) is 12.6 Å². The fraction of sp³-hybridized carbons (Fsp3) is 0.625. The minimum atomic E-state index is 0.461. The lowest BCUT2D eigenvalue weighted by molar-refractivity contribution is 0.167. The third kappa shape index (κ3) is 3.32. The Labute approximate surface area is 106 Å². The van der Waals surface area contributed by atoms with Crippen LogP contribution in [0.2, 0.25) is 0 Å².